The number of rotatable bonds is 3. The van der Waals surface area contributed by atoms with Crippen LogP contribution in [0.1, 0.15) is 35.1 Å². The van der Waals surface area contributed by atoms with E-state index >= 15 is 0 Å². The van der Waals surface area contributed by atoms with Crippen molar-refractivity contribution in [1.82, 2.24) is 0 Å². The Balaban J connectivity index is 2.20. The van der Waals surface area contributed by atoms with E-state index in [0.717, 1.165) is 22.4 Å². The van der Waals surface area contributed by atoms with E-state index in [9.17, 15) is 4.79 Å². The Kier molecular flexibility index (Phi) is 4.23. The van der Waals surface area contributed by atoms with Gasteiger partial charge in [-0.25, -0.2) is 0 Å². The van der Waals surface area contributed by atoms with Crippen molar-refractivity contribution in [3.63, 3.8) is 0 Å². The zero-order chi connectivity index (χ0) is 14.7. The van der Waals surface area contributed by atoms with Gasteiger partial charge in [-0.15, -0.1) is 0 Å². The Morgan fingerprint density at radius 2 is 1.55 bits per heavy atom. The Morgan fingerprint density at radius 1 is 1.00 bits per heavy atom. The quantitative estimate of drug-likeness (QED) is 0.880. The fourth-order valence-electron chi connectivity index (χ4n) is 2.50. The van der Waals surface area contributed by atoms with Crippen LogP contribution < -0.4 is 5.32 Å². The van der Waals surface area contributed by atoms with E-state index in [1.54, 1.807) is 0 Å². The van der Waals surface area contributed by atoms with Crippen LogP contribution in [0.25, 0.3) is 0 Å². The van der Waals surface area contributed by atoms with Gasteiger partial charge >= 0.3 is 0 Å². The molecule has 0 aromatic heterocycles. The van der Waals surface area contributed by atoms with Gasteiger partial charge in [0.2, 0.25) is 5.91 Å². The molecule has 0 aliphatic rings. The van der Waals surface area contributed by atoms with Gasteiger partial charge in [0.05, 0.1) is 5.92 Å². The predicted molar refractivity (Wildman–Crippen MR) is 84.1 cm³/mol. The van der Waals surface area contributed by atoms with Gasteiger partial charge in [0.15, 0.2) is 0 Å². The van der Waals surface area contributed by atoms with Crippen molar-refractivity contribution in [3.05, 3.63) is 64.7 Å². The van der Waals surface area contributed by atoms with E-state index < -0.39 is 0 Å². The van der Waals surface area contributed by atoms with Crippen LogP contribution in [-0.4, -0.2) is 5.91 Å². The highest BCUT2D eigenvalue weighted by molar-refractivity contribution is 5.96. The minimum absolute atomic E-state index is 0.0336. The van der Waals surface area contributed by atoms with Gasteiger partial charge in [-0.1, -0.05) is 48.0 Å². The first kappa shape index (κ1) is 14.3. The lowest BCUT2D eigenvalue weighted by atomic mass is 9.99. The number of carbonyl (C=O) groups is 1. The normalized spacial score (nSPS) is 12.0. The number of hydrogen-bond acceptors (Lipinski definition) is 1. The Bertz CT molecular complexity index is 594. The van der Waals surface area contributed by atoms with Gasteiger partial charge in [-0.05, 0) is 44.4 Å². The third kappa shape index (κ3) is 3.08. The number of benzene rings is 2. The molecule has 0 radical (unpaired) electrons. The number of carbonyl (C=O) groups excluding carboxylic acids is 1. The van der Waals surface area contributed by atoms with Crippen molar-refractivity contribution in [2.24, 2.45) is 0 Å². The van der Waals surface area contributed by atoms with Crippen LogP contribution in [0.3, 0.4) is 0 Å². The van der Waals surface area contributed by atoms with Crippen LogP contribution in [0.5, 0.6) is 0 Å². The first-order valence-electron chi connectivity index (χ1n) is 6.92. The maximum absolute atomic E-state index is 12.4. The number of anilines is 1. The summed E-state index contributed by atoms with van der Waals surface area (Å²) >= 11 is 0. The molecule has 20 heavy (non-hydrogen) atoms. The second kappa shape index (κ2) is 5.91. The molecule has 0 aliphatic heterocycles. The van der Waals surface area contributed by atoms with Crippen LogP contribution in [0.2, 0.25) is 0 Å². The smallest absolute Gasteiger partial charge is 0.231 e. The van der Waals surface area contributed by atoms with Gasteiger partial charge in [0.25, 0.3) is 0 Å². The molecule has 1 amide bonds. The fraction of sp³-hybridized carbons (Fsp3) is 0.278. The summed E-state index contributed by atoms with van der Waals surface area (Å²) in [5.41, 5.74) is 5.40. The highest BCUT2D eigenvalue weighted by Crippen LogP contribution is 2.24. The predicted octanol–water partition coefficient (Wildman–Crippen LogP) is 4.35. The molecule has 0 saturated heterocycles. The molecule has 1 unspecified atom stereocenters. The third-order valence-electron chi connectivity index (χ3n) is 3.62. The van der Waals surface area contributed by atoms with Crippen LogP contribution >= 0.6 is 0 Å². The number of aryl methyl sites for hydroxylation is 3. The molecule has 0 heterocycles. The molecule has 0 fully saturated rings. The summed E-state index contributed by atoms with van der Waals surface area (Å²) in [5.74, 6) is -0.123. The number of amides is 1. The van der Waals surface area contributed by atoms with E-state index in [1.165, 1.54) is 5.56 Å². The van der Waals surface area contributed by atoms with E-state index in [0.29, 0.717) is 0 Å². The summed E-state index contributed by atoms with van der Waals surface area (Å²) in [4.78, 5) is 12.4. The number of hydrogen-bond donors (Lipinski definition) is 1. The molecule has 2 aromatic carbocycles. The summed E-state index contributed by atoms with van der Waals surface area (Å²) < 4.78 is 0. The van der Waals surface area contributed by atoms with Gasteiger partial charge in [0, 0.05) is 5.69 Å². The van der Waals surface area contributed by atoms with E-state index in [-0.39, 0.29) is 11.8 Å². The average molecular weight is 267 g/mol. The highest BCUT2D eigenvalue weighted by Gasteiger charge is 2.16. The third-order valence-corrected chi connectivity index (χ3v) is 3.62. The van der Waals surface area contributed by atoms with Gasteiger partial charge in [-0.2, -0.15) is 0 Å². The Labute approximate surface area is 120 Å². The standard InChI is InChI=1S/C18H21NO/c1-12-10-13(2)17(14(3)11-12)19-18(20)15(4)16-8-6-5-7-9-16/h5-11,15H,1-4H3,(H,19,20). The van der Waals surface area contributed by atoms with Gasteiger partial charge in [0.1, 0.15) is 0 Å². The SMILES string of the molecule is Cc1cc(C)c(NC(=O)C(C)c2ccccc2)c(C)c1. The van der Waals surface area contributed by atoms with Crippen molar-refractivity contribution >= 4 is 11.6 Å². The first-order chi connectivity index (χ1) is 9.49. The van der Waals surface area contributed by atoms with Crippen LogP contribution in [0.15, 0.2) is 42.5 Å². The lowest BCUT2D eigenvalue weighted by Crippen LogP contribution is -2.20. The lowest BCUT2D eigenvalue weighted by molar-refractivity contribution is -0.117. The molecule has 0 aliphatic carbocycles. The molecular formula is C18H21NO. The molecule has 2 nitrogen and oxygen atoms in total. The fourth-order valence-corrected chi connectivity index (χ4v) is 2.50. The maximum atomic E-state index is 12.4. The molecule has 0 bridgehead atoms. The van der Waals surface area contributed by atoms with E-state index in [1.807, 2.05) is 51.1 Å². The monoisotopic (exact) mass is 267 g/mol. The van der Waals surface area contributed by atoms with Crippen LogP contribution in [-0.2, 0) is 4.79 Å². The van der Waals surface area contributed by atoms with Crippen LogP contribution in [0.4, 0.5) is 5.69 Å². The van der Waals surface area contributed by atoms with Crippen molar-refractivity contribution in [2.45, 2.75) is 33.6 Å². The average Bonchev–Trinajstić information content (AvgIpc) is 2.42. The van der Waals surface area contributed by atoms with Crippen molar-refractivity contribution < 1.29 is 4.79 Å². The molecule has 1 N–H and O–H groups in total. The first-order valence-corrected chi connectivity index (χ1v) is 6.92. The zero-order valence-corrected chi connectivity index (χ0v) is 12.5. The maximum Gasteiger partial charge on any atom is 0.231 e. The zero-order valence-electron chi connectivity index (χ0n) is 12.5. The molecule has 1 atom stereocenters. The second-order valence-electron chi connectivity index (χ2n) is 5.40. The summed E-state index contributed by atoms with van der Waals surface area (Å²) in [6.45, 7) is 8.06. The van der Waals surface area contributed by atoms with Gasteiger partial charge < -0.3 is 5.32 Å². The number of nitrogens with one attached hydrogen (secondary N) is 1. The molecule has 2 heteroatoms. The van der Waals surface area contributed by atoms with Crippen molar-refractivity contribution in [3.8, 4) is 0 Å². The molecule has 104 valence electrons. The lowest BCUT2D eigenvalue weighted by Gasteiger charge is -2.16. The van der Waals surface area contributed by atoms with E-state index in [4.69, 9.17) is 0 Å². The Hall–Kier alpha value is -2.09. The minimum Gasteiger partial charge on any atom is -0.325 e. The minimum atomic E-state index is -0.156. The van der Waals surface area contributed by atoms with Crippen molar-refractivity contribution in [2.75, 3.05) is 5.32 Å². The molecule has 2 rings (SSSR count). The van der Waals surface area contributed by atoms with E-state index in [2.05, 4.69) is 24.4 Å². The van der Waals surface area contributed by atoms with Crippen molar-refractivity contribution in [1.29, 1.82) is 0 Å². The van der Waals surface area contributed by atoms with Gasteiger partial charge in [-0.3, -0.25) is 4.79 Å². The molecular weight excluding hydrogens is 246 g/mol. The second-order valence-corrected chi connectivity index (χ2v) is 5.40. The van der Waals surface area contributed by atoms with Crippen LogP contribution in [0, 0.1) is 20.8 Å². The largest absolute Gasteiger partial charge is 0.325 e. The summed E-state index contributed by atoms with van der Waals surface area (Å²) in [6.07, 6.45) is 0. The highest BCUT2D eigenvalue weighted by atomic mass is 16.1. The molecule has 0 saturated carbocycles. The summed E-state index contributed by atoms with van der Waals surface area (Å²) in [5, 5.41) is 3.07. The summed E-state index contributed by atoms with van der Waals surface area (Å²) in [7, 11) is 0. The molecule has 2 aromatic rings. The summed E-state index contributed by atoms with van der Waals surface area (Å²) in [6, 6.07) is 14.0. The topological polar surface area (TPSA) is 29.1 Å². The Morgan fingerprint density at radius 3 is 2.10 bits per heavy atom. The molecule has 0 spiro atoms.